The Morgan fingerprint density at radius 3 is 2.41 bits per heavy atom. The zero-order valence-electron chi connectivity index (χ0n) is 10.3. The van der Waals surface area contributed by atoms with Gasteiger partial charge in [-0.3, -0.25) is 4.79 Å². The minimum Gasteiger partial charge on any atom is -0.481 e. The predicted molar refractivity (Wildman–Crippen MR) is 69.2 cm³/mol. The highest BCUT2D eigenvalue weighted by Crippen LogP contribution is 2.20. The van der Waals surface area contributed by atoms with Gasteiger partial charge in [-0.1, -0.05) is 22.5 Å². The first-order chi connectivity index (χ1) is 7.78. The van der Waals surface area contributed by atoms with Crippen molar-refractivity contribution in [2.24, 2.45) is 0 Å². The third-order valence-electron chi connectivity index (χ3n) is 2.24. The quantitative estimate of drug-likeness (QED) is 0.324. The molecule has 0 heterocycles. The van der Waals surface area contributed by atoms with Crippen LogP contribution in [0.5, 0.6) is 0 Å². The second-order valence-electron chi connectivity index (χ2n) is 4.49. The summed E-state index contributed by atoms with van der Waals surface area (Å²) in [5.41, 5.74) is -0.204. The first-order valence-electron chi connectivity index (χ1n) is 5.47. The zero-order chi connectivity index (χ0) is 13.5. The van der Waals surface area contributed by atoms with Gasteiger partial charge in [-0.15, -0.1) is 0 Å². The lowest BCUT2D eigenvalue weighted by Gasteiger charge is -2.25. The van der Waals surface area contributed by atoms with E-state index in [2.05, 4.69) is 22.5 Å². The van der Waals surface area contributed by atoms with Crippen LogP contribution in [0, 0.1) is 0 Å². The summed E-state index contributed by atoms with van der Waals surface area (Å²) in [6.07, 6.45) is 2.10. The Balaban J connectivity index is 3.98. The van der Waals surface area contributed by atoms with Gasteiger partial charge in [0.1, 0.15) is 5.60 Å². The number of ether oxygens (including phenoxy) is 1. The van der Waals surface area contributed by atoms with E-state index in [9.17, 15) is 9.59 Å². The van der Waals surface area contributed by atoms with Gasteiger partial charge in [0.25, 0.3) is 0 Å². The zero-order valence-corrected chi connectivity index (χ0v) is 11.9. The third-order valence-corrected chi connectivity index (χ3v) is 2.92. The molecular formula is C12H19BrO4. The molecule has 4 nitrogen and oxygen atoms in total. The van der Waals surface area contributed by atoms with Gasteiger partial charge in [-0.05, 0) is 33.1 Å². The summed E-state index contributed by atoms with van der Waals surface area (Å²) in [4.78, 5) is 21.8. The van der Waals surface area contributed by atoms with Crippen LogP contribution in [0.2, 0.25) is 0 Å². The van der Waals surface area contributed by atoms with Crippen molar-refractivity contribution in [3.63, 3.8) is 0 Å². The maximum atomic E-state index is 11.5. The second-order valence-corrected chi connectivity index (χ2v) is 5.05. The molecule has 0 rings (SSSR count). The SMILES string of the molecule is C=C(CBr)C(=O)OC(C)(C)CCCCC(=O)O. The Morgan fingerprint density at radius 1 is 1.35 bits per heavy atom. The standard InChI is InChI=1S/C12H19BrO4/c1-9(8-13)11(16)17-12(2,3)7-5-4-6-10(14)15/h1,4-8H2,2-3H3,(H,14,15). The molecule has 0 radical (unpaired) electrons. The molecule has 0 atom stereocenters. The summed E-state index contributed by atoms with van der Waals surface area (Å²) >= 11 is 3.14. The van der Waals surface area contributed by atoms with E-state index in [1.54, 1.807) is 0 Å². The van der Waals surface area contributed by atoms with Crippen molar-refractivity contribution >= 4 is 27.9 Å². The molecule has 0 unspecified atom stereocenters. The number of unbranched alkanes of at least 4 members (excludes halogenated alkanes) is 1. The van der Waals surface area contributed by atoms with Crippen LogP contribution in [0.25, 0.3) is 0 Å². The van der Waals surface area contributed by atoms with E-state index >= 15 is 0 Å². The van der Waals surface area contributed by atoms with Crippen molar-refractivity contribution in [3.05, 3.63) is 12.2 Å². The van der Waals surface area contributed by atoms with Gasteiger partial charge in [0.2, 0.25) is 0 Å². The summed E-state index contributed by atoms with van der Waals surface area (Å²) < 4.78 is 5.28. The monoisotopic (exact) mass is 306 g/mol. The van der Waals surface area contributed by atoms with Crippen LogP contribution in [0.1, 0.15) is 39.5 Å². The molecule has 0 saturated heterocycles. The number of esters is 1. The summed E-state index contributed by atoms with van der Waals surface area (Å²) in [6.45, 7) is 7.20. The van der Waals surface area contributed by atoms with Crippen molar-refractivity contribution in [1.29, 1.82) is 0 Å². The van der Waals surface area contributed by atoms with Crippen molar-refractivity contribution < 1.29 is 19.4 Å². The lowest BCUT2D eigenvalue weighted by molar-refractivity contribution is -0.152. The Hall–Kier alpha value is -0.840. The Labute approximate surface area is 110 Å². The molecule has 0 amide bonds. The van der Waals surface area contributed by atoms with Crippen molar-refractivity contribution in [1.82, 2.24) is 0 Å². The van der Waals surface area contributed by atoms with Crippen molar-refractivity contribution in [2.75, 3.05) is 5.33 Å². The number of rotatable bonds is 8. The molecule has 98 valence electrons. The highest BCUT2D eigenvalue weighted by atomic mass is 79.9. The Kier molecular flexibility index (Phi) is 7.11. The number of halogens is 1. The Bertz CT molecular complexity index is 297. The van der Waals surface area contributed by atoms with E-state index in [4.69, 9.17) is 9.84 Å². The molecule has 0 spiro atoms. The topological polar surface area (TPSA) is 63.6 Å². The van der Waals surface area contributed by atoms with Gasteiger partial charge >= 0.3 is 11.9 Å². The van der Waals surface area contributed by atoms with Crippen LogP contribution < -0.4 is 0 Å². The Morgan fingerprint density at radius 2 is 1.94 bits per heavy atom. The number of carboxylic acid groups (broad SMARTS) is 1. The number of hydrogen-bond acceptors (Lipinski definition) is 3. The van der Waals surface area contributed by atoms with Gasteiger partial charge in [-0.25, -0.2) is 4.79 Å². The van der Waals surface area contributed by atoms with Crippen LogP contribution in [-0.2, 0) is 14.3 Å². The minimum absolute atomic E-state index is 0.151. The first kappa shape index (κ1) is 16.2. The van der Waals surface area contributed by atoms with Gasteiger partial charge in [-0.2, -0.15) is 0 Å². The van der Waals surface area contributed by atoms with E-state index in [1.165, 1.54) is 0 Å². The number of aliphatic carboxylic acids is 1. The van der Waals surface area contributed by atoms with E-state index in [0.29, 0.717) is 30.2 Å². The predicted octanol–water partition coefficient (Wildman–Crippen LogP) is 2.90. The minimum atomic E-state index is -0.799. The number of carbonyl (C=O) groups is 2. The summed E-state index contributed by atoms with van der Waals surface area (Å²) in [5, 5.41) is 8.88. The molecule has 0 fully saturated rings. The van der Waals surface area contributed by atoms with Crippen molar-refractivity contribution in [3.8, 4) is 0 Å². The fraction of sp³-hybridized carbons (Fsp3) is 0.667. The molecule has 0 aliphatic carbocycles. The molecular weight excluding hydrogens is 288 g/mol. The van der Waals surface area contributed by atoms with Crippen LogP contribution in [-0.4, -0.2) is 28.0 Å². The average Bonchev–Trinajstić information content (AvgIpc) is 2.22. The molecule has 17 heavy (non-hydrogen) atoms. The summed E-state index contributed by atoms with van der Waals surface area (Å²) in [6, 6.07) is 0. The van der Waals surface area contributed by atoms with E-state index in [-0.39, 0.29) is 6.42 Å². The summed E-state index contributed by atoms with van der Waals surface area (Å²) in [5.74, 6) is -1.21. The molecule has 5 heteroatoms. The molecule has 0 aromatic carbocycles. The molecule has 0 aliphatic rings. The highest BCUT2D eigenvalue weighted by molar-refractivity contribution is 9.09. The van der Waals surface area contributed by atoms with E-state index in [1.807, 2.05) is 13.8 Å². The molecule has 0 aliphatic heterocycles. The van der Waals surface area contributed by atoms with Crippen LogP contribution in [0.15, 0.2) is 12.2 Å². The molecule has 0 aromatic rings. The fourth-order valence-electron chi connectivity index (χ4n) is 1.26. The number of alkyl halides is 1. The first-order valence-corrected chi connectivity index (χ1v) is 6.59. The van der Waals surface area contributed by atoms with Gasteiger partial charge in [0, 0.05) is 17.3 Å². The maximum absolute atomic E-state index is 11.5. The van der Waals surface area contributed by atoms with Gasteiger partial charge < -0.3 is 9.84 Å². The summed E-state index contributed by atoms with van der Waals surface area (Å²) in [7, 11) is 0. The number of hydrogen-bond donors (Lipinski definition) is 1. The normalized spacial score (nSPS) is 11.0. The second kappa shape index (κ2) is 7.48. The number of carbonyl (C=O) groups excluding carboxylic acids is 1. The van der Waals surface area contributed by atoms with E-state index < -0.39 is 17.5 Å². The van der Waals surface area contributed by atoms with Crippen LogP contribution in [0.3, 0.4) is 0 Å². The van der Waals surface area contributed by atoms with Crippen LogP contribution >= 0.6 is 15.9 Å². The largest absolute Gasteiger partial charge is 0.481 e. The number of carboxylic acids is 1. The van der Waals surface area contributed by atoms with Gasteiger partial charge in [0.15, 0.2) is 0 Å². The van der Waals surface area contributed by atoms with E-state index in [0.717, 1.165) is 0 Å². The average molecular weight is 307 g/mol. The highest BCUT2D eigenvalue weighted by Gasteiger charge is 2.23. The molecule has 0 bridgehead atoms. The van der Waals surface area contributed by atoms with Crippen LogP contribution in [0.4, 0.5) is 0 Å². The maximum Gasteiger partial charge on any atom is 0.334 e. The van der Waals surface area contributed by atoms with Gasteiger partial charge in [0.05, 0.1) is 0 Å². The molecule has 0 aromatic heterocycles. The van der Waals surface area contributed by atoms with Crippen molar-refractivity contribution in [2.45, 2.75) is 45.1 Å². The fourth-order valence-corrected chi connectivity index (χ4v) is 1.48. The molecule has 1 N–H and O–H groups in total. The lowest BCUT2D eigenvalue weighted by Crippen LogP contribution is -2.28. The third kappa shape index (κ3) is 7.96. The molecule has 0 saturated carbocycles. The lowest BCUT2D eigenvalue weighted by atomic mass is 10.00. The smallest absolute Gasteiger partial charge is 0.334 e.